The highest BCUT2D eigenvalue weighted by Gasteiger charge is 2.54. The maximum atomic E-state index is 6.54. The molecule has 0 aromatic heterocycles. The van der Waals surface area contributed by atoms with Gasteiger partial charge in [-0.3, -0.25) is 4.90 Å². The summed E-state index contributed by atoms with van der Waals surface area (Å²) in [6.07, 6.45) is 6.78. The summed E-state index contributed by atoms with van der Waals surface area (Å²) in [6, 6.07) is 33.1. The van der Waals surface area contributed by atoms with Crippen molar-refractivity contribution in [2.24, 2.45) is 5.92 Å². The minimum atomic E-state index is 0.363. The van der Waals surface area contributed by atoms with E-state index in [9.17, 15) is 0 Å². The Labute approximate surface area is 203 Å². The third-order valence-electron chi connectivity index (χ3n) is 8.43. The Bertz CT molecular complexity index is 1020. The number of benzene rings is 3. The molecule has 2 nitrogen and oxygen atoms in total. The van der Waals surface area contributed by atoms with Crippen LogP contribution in [0.15, 0.2) is 84.9 Å². The molecular weight excluding hydrogens is 424 g/mol. The number of fused-ring (bicyclic) bond motifs is 1. The molecule has 0 spiro atoms. The third-order valence-corrected chi connectivity index (χ3v) is 8.80. The standard InChI is InChI=1S/C30H33ClN2/c31-27-17-8-7-14-23(27)20-32-29-24-18-25-15-9-16-26(19-24)33(25)30(29)28(21-10-3-1-4-11-21)22-12-5-2-6-13-22/h1-8,10-14,17,24-26,28-30,32H,9,15-16,18-20H2/t24?,25?,26?,29?,30-/m0/s1. The van der Waals surface area contributed by atoms with Crippen LogP contribution in [0.4, 0.5) is 0 Å². The minimum Gasteiger partial charge on any atom is -0.308 e. The zero-order valence-corrected chi connectivity index (χ0v) is 19.9. The van der Waals surface area contributed by atoms with E-state index < -0.39 is 0 Å². The lowest BCUT2D eigenvalue weighted by Crippen LogP contribution is -2.71. The van der Waals surface area contributed by atoms with Gasteiger partial charge in [-0.05, 0) is 54.4 Å². The van der Waals surface area contributed by atoms with Gasteiger partial charge in [-0.25, -0.2) is 0 Å². The zero-order valence-electron chi connectivity index (χ0n) is 19.1. The van der Waals surface area contributed by atoms with Crippen LogP contribution in [0, 0.1) is 5.92 Å². The summed E-state index contributed by atoms with van der Waals surface area (Å²) in [5, 5.41) is 4.91. The van der Waals surface area contributed by atoms with Gasteiger partial charge in [-0.15, -0.1) is 0 Å². The Balaban J connectivity index is 1.41. The van der Waals surface area contributed by atoms with E-state index in [4.69, 9.17) is 11.6 Å². The van der Waals surface area contributed by atoms with Gasteiger partial charge >= 0.3 is 0 Å². The molecule has 0 saturated carbocycles. The number of halogens is 1. The molecule has 3 aromatic rings. The maximum absolute atomic E-state index is 6.54. The van der Waals surface area contributed by atoms with Crippen LogP contribution in [0.5, 0.6) is 0 Å². The molecule has 3 unspecified atom stereocenters. The van der Waals surface area contributed by atoms with Crippen molar-refractivity contribution in [3.63, 3.8) is 0 Å². The van der Waals surface area contributed by atoms with Gasteiger partial charge < -0.3 is 5.32 Å². The molecule has 3 heteroatoms. The van der Waals surface area contributed by atoms with Crippen molar-refractivity contribution in [1.29, 1.82) is 0 Å². The first-order chi connectivity index (χ1) is 16.3. The maximum Gasteiger partial charge on any atom is 0.0450 e. The van der Waals surface area contributed by atoms with Crippen LogP contribution < -0.4 is 5.32 Å². The van der Waals surface area contributed by atoms with Crippen LogP contribution >= 0.6 is 11.6 Å². The van der Waals surface area contributed by atoms with Crippen LogP contribution in [0.1, 0.15) is 54.7 Å². The van der Waals surface area contributed by atoms with Crippen molar-refractivity contribution in [3.05, 3.63) is 107 Å². The van der Waals surface area contributed by atoms with Crippen molar-refractivity contribution in [2.45, 2.75) is 68.7 Å². The highest BCUT2D eigenvalue weighted by Crippen LogP contribution is 2.50. The van der Waals surface area contributed by atoms with E-state index in [2.05, 4.69) is 83.0 Å². The molecule has 3 aromatic carbocycles. The van der Waals surface area contributed by atoms with E-state index in [0.29, 0.717) is 18.0 Å². The van der Waals surface area contributed by atoms with Gasteiger partial charge in [0.15, 0.2) is 0 Å². The van der Waals surface area contributed by atoms with Gasteiger partial charge in [-0.2, -0.15) is 0 Å². The largest absolute Gasteiger partial charge is 0.308 e. The molecule has 0 aliphatic carbocycles. The highest BCUT2D eigenvalue weighted by molar-refractivity contribution is 6.31. The first kappa shape index (κ1) is 21.4. The molecular formula is C30H33ClN2. The van der Waals surface area contributed by atoms with Crippen LogP contribution in [-0.4, -0.2) is 29.1 Å². The molecule has 4 aliphatic rings. The first-order valence-electron chi connectivity index (χ1n) is 12.6. The van der Waals surface area contributed by atoms with Gasteiger partial charge in [0, 0.05) is 41.7 Å². The van der Waals surface area contributed by atoms with Crippen LogP contribution in [0.25, 0.3) is 0 Å². The smallest absolute Gasteiger partial charge is 0.0450 e. The van der Waals surface area contributed by atoms with Gasteiger partial charge in [-0.1, -0.05) is 96.9 Å². The number of nitrogens with one attached hydrogen (secondary N) is 1. The minimum absolute atomic E-state index is 0.363. The lowest BCUT2D eigenvalue weighted by Gasteiger charge is -2.63. The van der Waals surface area contributed by atoms with Gasteiger partial charge in [0.05, 0.1) is 0 Å². The summed E-state index contributed by atoms with van der Waals surface area (Å²) in [4.78, 5) is 2.96. The second kappa shape index (κ2) is 9.25. The van der Waals surface area contributed by atoms with Gasteiger partial charge in [0.25, 0.3) is 0 Å². The summed E-state index contributed by atoms with van der Waals surface area (Å²) in [7, 11) is 0. The number of nitrogens with zero attached hydrogens (tertiary/aromatic N) is 1. The van der Waals surface area contributed by atoms with E-state index >= 15 is 0 Å². The summed E-state index contributed by atoms with van der Waals surface area (Å²) in [5.74, 6) is 1.09. The summed E-state index contributed by atoms with van der Waals surface area (Å²) in [5.41, 5.74) is 4.07. The van der Waals surface area contributed by atoms with Crippen LogP contribution in [-0.2, 0) is 6.54 Å². The van der Waals surface area contributed by atoms with Crippen molar-refractivity contribution in [1.82, 2.24) is 10.2 Å². The molecule has 7 rings (SSSR count). The quantitative estimate of drug-likeness (QED) is 0.447. The predicted molar refractivity (Wildman–Crippen MR) is 137 cm³/mol. The fourth-order valence-electron chi connectivity index (χ4n) is 7.15. The molecule has 1 N–H and O–H groups in total. The van der Waals surface area contributed by atoms with Gasteiger partial charge in [0.1, 0.15) is 0 Å². The van der Waals surface area contributed by atoms with Crippen molar-refractivity contribution >= 4 is 11.6 Å². The number of hydrogen-bond acceptors (Lipinski definition) is 2. The fourth-order valence-corrected chi connectivity index (χ4v) is 7.35. The van der Waals surface area contributed by atoms with E-state index in [1.165, 1.54) is 48.8 Å². The van der Waals surface area contributed by atoms with E-state index in [1.54, 1.807) is 0 Å². The summed E-state index contributed by atoms with van der Waals surface area (Å²) < 4.78 is 0. The van der Waals surface area contributed by atoms with Crippen molar-refractivity contribution in [2.75, 3.05) is 0 Å². The first-order valence-corrected chi connectivity index (χ1v) is 13.0. The molecule has 0 radical (unpaired) electrons. The Kier molecular flexibility index (Phi) is 6.00. The van der Waals surface area contributed by atoms with E-state index in [-0.39, 0.29) is 0 Å². The predicted octanol–water partition coefficient (Wildman–Crippen LogP) is 6.65. The summed E-state index contributed by atoms with van der Waals surface area (Å²) >= 11 is 6.54. The second-order valence-electron chi connectivity index (χ2n) is 10.2. The second-order valence-corrected chi connectivity index (χ2v) is 10.6. The Hall–Kier alpha value is -2.13. The number of hydrogen-bond donors (Lipinski definition) is 1. The monoisotopic (exact) mass is 456 g/mol. The van der Waals surface area contributed by atoms with Crippen molar-refractivity contribution < 1.29 is 0 Å². The lowest BCUT2D eigenvalue weighted by atomic mass is 9.63. The number of rotatable bonds is 6. The van der Waals surface area contributed by atoms with E-state index in [0.717, 1.165) is 29.6 Å². The van der Waals surface area contributed by atoms with Crippen LogP contribution in [0.3, 0.4) is 0 Å². The average Bonchev–Trinajstić information content (AvgIpc) is 2.85. The zero-order chi connectivity index (χ0) is 22.2. The normalized spacial score (nSPS) is 30.5. The Morgan fingerprint density at radius 2 is 1.36 bits per heavy atom. The molecule has 4 fully saturated rings. The number of piperidine rings is 4. The Morgan fingerprint density at radius 3 is 1.97 bits per heavy atom. The Morgan fingerprint density at radius 1 is 0.788 bits per heavy atom. The molecule has 4 saturated heterocycles. The molecule has 0 amide bonds. The lowest BCUT2D eigenvalue weighted by molar-refractivity contribution is -0.101. The van der Waals surface area contributed by atoms with Crippen molar-refractivity contribution in [3.8, 4) is 0 Å². The summed E-state index contributed by atoms with van der Waals surface area (Å²) in [6.45, 7) is 0.830. The topological polar surface area (TPSA) is 15.3 Å². The van der Waals surface area contributed by atoms with Gasteiger partial charge in [0.2, 0.25) is 0 Å². The molecule has 4 heterocycles. The highest BCUT2D eigenvalue weighted by atomic mass is 35.5. The van der Waals surface area contributed by atoms with E-state index in [1.807, 2.05) is 12.1 Å². The SMILES string of the molecule is Clc1ccccc1CNC1C2CC3CCCC(C2)N3[C@H]1C(c1ccccc1)c1ccccc1. The molecule has 4 aliphatic heterocycles. The molecule has 170 valence electrons. The molecule has 33 heavy (non-hydrogen) atoms. The average molecular weight is 457 g/mol. The third kappa shape index (κ3) is 4.03. The molecule has 4 bridgehead atoms. The molecule has 4 atom stereocenters. The fraction of sp³-hybridized carbons (Fsp3) is 0.400. The van der Waals surface area contributed by atoms with Crippen LogP contribution in [0.2, 0.25) is 5.02 Å².